The van der Waals surface area contributed by atoms with Crippen LogP contribution < -0.4 is 5.32 Å². The fourth-order valence-electron chi connectivity index (χ4n) is 11.5. The van der Waals surface area contributed by atoms with Crippen LogP contribution in [-0.4, -0.2) is 47.4 Å². The molecule has 0 aliphatic heterocycles. The van der Waals surface area contributed by atoms with Crippen LogP contribution in [-0.2, 0) is 14.3 Å². The lowest BCUT2D eigenvalue weighted by atomic mass is 10.0. The summed E-state index contributed by atoms with van der Waals surface area (Å²) in [7, 11) is 0. The van der Waals surface area contributed by atoms with E-state index < -0.39 is 12.1 Å². The zero-order chi connectivity index (χ0) is 57.1. The molecule has 3 N–H and O–H groups in total. The average Bonchev–Trinajstić information content (AvgIpc) is 3.45. The standard InChI is InChI=1S/C73H141NO5/c1-3-5-7-9-11-13-15-17-19-34-39-43-47-51-55-59-63-67-73(78)79-68-64-60-56-52-48-44-40-36-33-31-29-27-25-23-21-22-24-26-28-30-32-35-38-42-46-50-54-58-62-66-72(77)74-70(69-75)71(76)65-61-57-53-49-45-41-37-20-18-16-14-12-10-8-6-4-2/h17,19,61,65,70-71,75-76H,3-16,18,20-60,62-64,66-69H2,1-2H3,(H,74,77)/b19-17-,65-61+. The molecule has 0 bridgehead atoms. The van der Waals surface area contributed by atoms with Gasteiger partial charge in [-0.1, -0.05) is 359 Å². The Balaban J connectivity index is 3.34. The molecule has 0 spiro atoms. The molecule has 0 saturated carbocycles. The molecule has 2 atom stereocenters. The molecule has 0 aromatic carbocycles. The van der Waals surface area contributed by atoms with Crippen molar-refractivity contribution < 1.29 is 24.5 Å². The second-order valence-electron chi connectivity index (χ2n) is 24.9. The largest absolute Gasteiger partial charge is 0.466 e. The van der Waals surface area contributed by atoms with E-state index >= 15 is 0 Å². The van der Waals surface area contributed by atoms with Crippen LogP contribution in [0.25, 0.3) is 0 Å². The maximum Gasteiger partial charge on any atom is 0.305 e. The van der Waals surface area contributed by atoms with Crippen LogP contribution in [0.2, 0.25) is 0 Å². The molecule has 1 amide bonds. The van der Waals surface area contributed by atoms with E-state index in [0.29, 0.717) is 19.4 Å². The third-order valence-corrected chi connectivity index (χ3v) is 17.0. The Kier molecular flexibility index (Phi) is 67.4. The van der Waals surface area contributed by atoms with Crippen molar-refractivity contribution in [3.63, 3.8) is 0 Å². The zero-order valence-electron chi connectivity index (χ0n) is 53.6. The molecule has 0 aromatic heterocycles. The van der Waals surface area contributed by atoms with E-state index in [1.54, 1.807) is 6.08 Å². The molecule has 6 heteroatoms. The Morgan fingerprint density at radius 2 is 0.595 bits per heavy atom. The van der Waals surface area contributed by atoms with E-state index in [0.717, 1.165) is 44.9 Å². The monoisotopic (exact) mass is 1110 g/mol. The molecular weight excluding hydrogens is 971 g/mol. The van der Waals surface area contributed by atoms with Crippen LogP contribution in [0.3, 0.4) is 0 Å². The number of unbranched alkanes of at least 4 members (excludes halogenated alkanes) is 55. The highest BCUT2D eigenvalue weighted by atomic mass is 16.5. The molecule has 0 heterocycles. The van der Waals surface area contributed by atoms with Crippen LogP contribution in [0.1, 0.15) is 406 Å². The van der Waals surface area contributed by atoms with Gasteiger partial charge in [0, 0.05) is 12.8 Å². The molecular formula is C73H141NO5. The molecule has 79 heavy (non-hydrogen) atoms. The average molecular weight is 1110 g/mol. The SMILES string of the molecule is CCCCCCCC/C=C\CCCCCCCCCC(=O)OCCCCCCCCCCCCCCCCCCCCCCCCCCCCCCCC(=O)NC(CO)C(O)/C=C/CCCCCCCCCCCCCCCC. The molecule has 468 valence electrons. The van der Waals surface area contributed by atoms with Gasteiger partial charge in [0.05, 0.1) is 25.4 Å². The second kappa shape index (κ2) is 68.8. The predicted molar refractivity (Wildman–Crippen MR) is 347 cm³/mol. The fourth-order valence-corrected chi connectivity index (χ4v) is 11.5. The minimum atomic E-state index is -0.842. The van der Waals surface area contributed by atoms with E-state index in [1.165, 1.54) is 334 Å². The van der Waals surface area contributed by atoms with Gasteiger partial charge >= 0.3 is 5.97 Å². The normalized spacial score (nSPS) is 12.6. The van der Waals surface area contributed by atoms with E-state index in [2.05, 4.69) is 31.3 Å². The van der Waals surface area contributed by atoms with Crippen molar-refractivity contribution in [3.05, 3.63) is 24.3 Å². The number of esters is 1. The van der Waals surface area contributed by atoms with Crippen molar-refractivity contribution in [1.82, 2.24) is 5.32 Å². The molecule has 0 aromatic rings. The highest BCUT2D eigenvalue weighted by Crippen LogP contribution is 2.19. The Hall–Kier alpha value is -1.66. The number of carbonyl (C=O) groups is 2. The number of carbonyl (C=O) groups excluding carboxylic acids is 2. The first kappa shape index (κ1) is 77.3. The number of rotatable bonds is 68. The summed E-state index contributed by atoms with van der Waals surface area (Å²) in [5, 5.41) is 23.2. The number of amides is 1. The summed E-state index contributed by atoms with van der Waals surface area (Å²) in [5.41, 5.74) is 0. The predicted octanol–water partition coefficient (Wildman–Crippen LogP) is 23.3. The van der Waals surface area contributed by atoms with Crippen LogP contribution in [0.4, 0.5) is 0 Å². The van der Waals surface area contributed by atoms with Gasteiger partial charge in [0.1, 0.15) is 0 Å². The van der Waals surface area contributed by atoms with Crippen molar-refractivity contribution in [2.24, 2.45) is 0 Å². The first-order valence-electron chi connectivity index (χ1n) is 36.1. The van der Waals surface area contributed by atoms with E-state index in [4.69, 9.17) is 4.74 Å². The van der Waals surface area contributed by atoms with Crippen molar-refractivity contribution in [1.29, 1.82) is 0 Å². The smallest absolute Gasteiger partial charge is 0.305 e. The lowest BCUT2D eigenvalue weighted by Crippen LogP contribution is -2.45. The number of nitrogens with one attached hydrogen (secondary N) is 1. The van der Waals surface area contributed by atoms with Gasteiger partial charge in [0.15, 0.2) is 0 Å². The quantitative estimate of drug-likeness (QED) is 0.0320. The second-order valence-corrected chi connectivity index (χ2v) is 24.9. The molecule has 2 unspecified atom stereocenters. The maximum atomic E-state index is 12.5. The van der Waals surface area contributed by atoms with Gasteiger partial charge in [-0.05, 0) is 57.8 Å². The lowest BCUT2D eigenvalue weighted by molar-refractivity contribution is -0.143. The Labute approximate surface area is 494 Å². The molecule has 0 fully saturated rings. The van der Waals surface area contributed by atoms with Gasteiger partial charge in [0.2, 0.25) is 5.91 Å². The number of hydrogen-bond acceptors (Lipinski definition) is 5. The van der Waals surface area contributed by atoms with Gasteiger partial charge in [-0.2, -0.15) is 0 Å². The molecule has 6 nitrogen and oxygen atoms in total. The van der Waals surface area contributed by atoms with Gasteiger partial charge in [-0.25, -0.2) is 0 Å². The number of hydrogen-bond donors (Lipinski definition) is 3. The van der Waals surface area contributed by atoms with Gasteiger partial charge in [-0.15, -0.1) is 0 Å². The summed E-state index contributed by atoms with van der Waals surface area (Å²) in [6, 6.07) is -0.625. The van der Waals surface area contributed by atoms with Crippen LogP contribution >= 0.6 is 0 Å². The van der Waals surface area contributed by atoms with Crippen LogP contribution in [0.15, 0.2) is 24.3 Å². The first-order chi connectivity index (χ1) is 39.0. The highest BCUT2D eigenvalue weighted by Gasteiger charge is 2.18. The third-order valence-electron chi connectivity index (χ3n) is 17.0. The lowest BCUT2D eigenvalue weighted by Gasteiger charge is -2.20. The number of allylic oxidation sites excluding steroid dienone is 3. The Morgan fingerprint density at radius 1 is 0.342 bits per heavy atom. The molecule has 0 rings (SSSR count). The number of ether oxygens (including phenoxy) is 1. The fraction of sp³-hybridized carbons (Fsp3) is 0.918. The van der Waals surface area contributed by atoms with Crippen molar-refractivity contribution >= 4 is 11.9 Å². The van der Waals surface area contributed by atoms with Gasteiger partial charge in [-0.3, -0.25) is 9.59 Å². The number of aliphatic hydroxyl groups is 2. The summed E-state index contributed by atoms with van der Waals surface area (Å²) < 4.78 is 5.51. The number of aliphatic hydroxyl groups excluding tert-OH is 2. The first-order valence-corrected chi connectivity index (χ1v) is 36.1. The van der Waals surface area contributed by atoms with Crippen LogP contribution in [0.5, 0.6) is 0 Å². The molecule has 0 saturated heterocycles. The maximum absolute atomic E-state index is 12.5. The van der Waals surface area contributed by atoms with Crippen LogP contribution in [0, 0.1) is 0 Å². The highest BCUT2D eigenvalue weighted by molar-refractivity contribution is 5.76. The van der Waals surface area contributed by atoms with E-state index in [-0.39, 0.29) is 18.5 Å². The molecule has 0 aliphatic rings. The Bertz CT molecular complexity index is 1230. The minimum absolute atomic E-state index is 0.0165. The van der Waals surface area contributed by atoms with Gasteiger partial charge in [0.25, 0.3) is 0 Å². The summed E-state index contributed by atoms with van der Waals surface area (Å²) >= 11 is 0. The Morgan fingerprint density at radius 3 is 0.899 bits per heavy atom. The van der Waals surface area contributed by atoms with Gasteiger partial charge < -0.3 is 20.3 Å². The molecule has 0 radical (unpaired) electrons. The third kappa shape index (κ3) is 65.4. The summed E-state index contributed by atoms with van der Waals surface area (Å²) in [5.74, 6) is -0.0449. The van der Waals surface area contributed by atoms with Crippen molar-refractivity contribution in [2.75, 3.05) is 13.2 Å². The summed E-state index contributed by atoms with van der Waals surface area (Å²) in [6.45, 7) is 4.94. The topological polar surface area (TPSA) is 95.9 Å². The molecule has 0 aliphatic carbocycles. The van der Waals surface area contributed by atoms with E-state index in [9.17, 15) is 19.8 Å². The van der Waals surface area contributed by atoms with E-state index in [1.807, 2.05) is 6.08 Å². The van der Waals surface area contributed by atoms with Crippen molar-refractivity contribution in [3.8, 4) is 0 Å². The minimum Gasteiger partial charge on any atom is -0.466 e. The summed E-state index contributed by atoms with van der Waals surface area (Å²) in [4.78, 5) is 24.6. The van der Waals surface area contributed by atoms with Crippen molar-refractivity contribution in [2.45, 2.75) is 418 Å². The summed E-state index contributed by atoms with van der Waals surface area (Å²) in [6.07, 6.45) is 86.9. The zero-order valence-corrected chi connectivity index (χ0v) is 53.6.